The molecule has 0 aromatic rings. The minimum Gasteiger partial charge on any atom is -0.463 e. The van der Waals surface area contributed by atoms with Gasteiger partial charge in [0.05, 0.1) is 6.10 Å². The molecule has 3 heteroatoms. The first kappa shape index (κ1) is 15.1. The lowest BCUT2D eigenvalue weighted by atomic mass is 10.1. The van der Waals surface area contributed by atoms with Crippen molar-refractivity contribution in [3.05, 3.63) is 0 Å². The molecular weight excluding hydrogens is 204 g/mol. The summed E-state index contributed by atoms with van der Waals surface area (Å²) < 4.78 is 4.98. The largest absolute Gasteiger partial charge is 0.463 e. The number of hydrogen-bond acceptors (Lipinski definition) is 3. The van der Waals surface area contributed by atoms with Crippen LogP contribution in [0.25, 0.3) is 0 Å². The smallest absolute Gasteiger partial charge is 0.302 e. The number of rotatable bonds is 9. The van der Waals surface area contributed by atoms with Crippen molar-refractivity contribution >= 4 is 11.8 Å². The molecule has 0 radical (unpaired) electrons. The van der Waals surface area contributed by atoms with Gasteiger partial charge in [-0.2, -0.15) is 0 Å². The molecule has 0 rings (SSSR count). The van der Waals surface area contributed by atoms with E-state index in [-0.39, 0.29) is 12.1 Å². The molecule has 0 fully saturated rings. The second-order valence-electron chi connectivity index (χ2n) is 4.31. The summed E-state index contributed by atoms with van der Waals surface area (Å²) in [7, 11) is 0. The van der Waals surface area contributed by atoms with Crippen LogP contribution >= 0.6 is 0 Å². The Balaban J connectivity index is 3.42. The third-order valence-corrected chi connectivity index (χ3v) is 2.49. The molecule has 0 aromatic heterocycles. The lowest BCUT2D eigenvalue weighted by Crippen LogP contribution is -2.12. The van der Waals surface area contributed by atoms with Gasteiger partial charge in [-0.1, -0.05) is 19.8 Å². The first-order chi connectivity index (χ1) is 7.56. The lowest BCUT2D eigenvalue weighted by molar-refractivity contribution is -0.145. The van der Waals surface area contributed by atoms with E-state index in [2.05, 4.69) is 6.92 Å². The van der Waals surface area contributed by atoms with Crippen LogP contribution in [-0.4, -0.2) is 17.9 Å². The van der Waals surface area contributed by atoms with Gasteiger partial charge in [0, 0.05) is 19.8 Å². The Labute approximate surface area is 98.6 Å². The SMILES string of the molecule is CCCCCC(=O)CCCC(C)OC(C)=O. The molecule has 1 atom stereocenters. The van der Waals surface area contributed by atoms with E-state index in [4.69, 9.17) is 4.74 Å². The standard InChI is InChI=1S/C13H24O3/c1-4-5-6-9-13(15)10-7-8-11(2)16-12(3)14/h11H,4-10H2,1-3H3. The molecule has 0 N–H and O–H groups in total. The predicted octanol–water partition coefficient (Wildman–Crippen LogP) is 3.26. The topological polar surface area (TPSA) is 43.4 Å². The molecule has 0 saturated heterocycles. The van der Waals surface area contributed by atoms with Gasteiger partial charge in [0.2, 0.25) is 0 Å². The maximum absolute atomic E-state index is 11.4. The van der Waals surface area contributed by atoms with E-state index < -0.39 is 0 Å². The molecule has 0 amide bonds. The van der Waals surface area contributed by atoms with Crippen molar-refractivity contribution in [2.24, 2.45) is 0 Å². The number of Topliss-reactive ketones (excluding diaryl/α,β-unsaturated/α-hetero) is 1. The van der Waals surface area contributed by atoms with Gasteiger partial charge in [-0.25, -0.2) is 0 Å². The highest BCUT2D eigenvalue weighted by Crippen LogP contribution is 2.08. The summed E-state index contributed by atoms with van der Waals surface area (Å²) in [6.07, 6.45) is 6.14. The lowest BCUT2D eigenvalue weighted by Gasteiger charge is -2.10. The van der Waals surface area contributed by atoms with Crippen LogP contribution < -0.4 is 0 Å². The second kappa shape index (κ2) is 9.37. The average Bonchev–Trinajstić information content (AvgIpc) is 2.17. The van der Waals surface area contributed by atoms with Crippen molar-refractivity contribution in [2.75, 3.05) is 0 Å². The maximum atomic E-state index is 11.4. The van der Waals surface area contributed by atoms with Gasteiger partial charge in [0.25, 0.3) is 0 Å². The Morgan fingerprint density at radius 1 is 1.12 bits per heavy atom. The van der Waals surface area contributed by atoms with Crippen LogP contribution in [0.2, 0.25) is 0 Å². The van der Waals surface area contributed by atoms with Crippen molar-refractivity contribution in [3.63, 3.8) is 0 Å². The molecule has 3 nitrogen and oxygen atoms in total. The molecule has 0 bridgehead atoms. The second-order valence-corrected chi connectivity index (χ2v) is 4.31. The molecule has 0 aromatic carbocycles. The van der Waals surface area contributed by atoms with E-state index in [1.807, 2.05) is 6.92 Å². The Bertz CT molecular complexity index is 211. The highest BCUT2D eigenvalue weighted by atomic mass is 16.5. The quantitative estimate of drug-likeness (QED) is 0.449. The molecule has 0 heterocycles. The van der Waals surface area contributed by atoms with Crippen LogP contribution in [0, 0.1) is 0 Å². The van der Waals surface area contributed by atoms with Gasteiger partial charge in [0.1, 0.15) is 5.78 Å². The summed E-state index contributed by atoms with van der Waals surface area (Å²) in [5, 5.41) is 0. The highest BCUT2D eigenvalue weighted by molar-refractivity contribution is 5.78. The van der Waals surface area contributed by atoms with Crippen LogP contribution in [-0.2, 0) is 14.3 Å². The van der Waals surface area contributed by atoms with E-state index in [0.29, 0.717) is 18.6 Å². The Morgan fingerprint density at radius 2 is 1.75 bits per heavy atom. The van der Waals surface area contributed by atoms with Crippen molar-refractivity contribution in [1.29, 1.82) is 0 Å². The number of carbonyl (C=O) groups excluding carboxylic acids is 2. The molecule has 94 valence electrons. The molecule has 0 spiro atoms. The number of ether oxygens (including phenoxy) is 1. The summed E-state index contributed by atoms with van der Waals surface area (Å²) in [5.41, 5.74) is 0. The zero-order valence-corrected chi connectivity index (χ0v) is 10.8. The third kappa shape index (κ3) is 9.69. The van der Waals surface area contributed by atoms with Gasteiger partial charge < -0.3 is 4.74 Å². The van der Waals surface area contributed by atoms with Crippen molar-refractivity contribution in [3.8, 4) is 0 Å². The van der Waals surface area contributed by atoms with Gasteiger partial charge in [-0.15, -0.1) is 0 Å². The van der Waals surface area contributed by atoms with Gasteiger partial charge in [-0.05, 0) is 26.2 Å². The summed E-state index contributed by atoms with van der Waals surface area (Å²) in [4.78, 5) is 22.1. The summed E-state index contributed by atoms with van der Waals surface area (Å²) in [5.74, 6) is 0.0882. The molecule has 0 aliphatic heterocycles. The first-order valence-corrected chi connectivity index (χ1v) is 6.25. The van der Waals surface area contributed by atoms with Crippen LogP contribution in [0.1, 0.15) is 65.7 Å². The van der Waals surface area contributed by atoms with E-state index in [0.717, 1.165) is 32.1 Å². The summed E-state index contributed by atoms with van der Waals surface area (Å²) in [6.45, 7) is 5.40. The number of carbonyl (C=O) groups is 2. The highest BCUT2D eigenvalue weighted by Gasteiger charge is 2.07. The van der Waals surface area contributed by atoms with E-state index in [1.54, 1.807) is 0 Å². The zero-order chi connectivity index (χ0) is 12.4. The fourth-order valence-electron chi connectivity index (χ4n) is 1.63. The monoisotopic (exact) mass is 228 g/mol. The minimum atomic E-state index is -0.248. The number of unbranched alkanes of at least 4 members (excludes halogenated alkanes) is 2. The fourth-order valence-corrected chi connectivity index (χ4v) is 1.63. The molecule has 0 saturated carbocycles. The van der Waals surface area contributed by atoms with Crippen LogP contribution in [0.5, 0.6) is 0 Å². The zero-order valence-electron chi connectivity index (χ0n) is 10.8. The normalized spacial score (nSPS) is 12.2. The summed E-state index contributed by atoms with van der Waals surface area (Å²) in [6, 6.07) is 0. The Morgan fingerprint density at radius 3 is 2.31 bits per heavy atom. The molecular formula is C13H24O3. The van der Waals surface area contributed by atoms with E-state index in [1.165, 1.54) is 6.92 Å². The van der Waals surface area contributed by atoms with Crippen LogP contribution in [0.3, 0.4) is 0 Å². The number of esters is 1. The van der Waals surface area contributed by atoms with Crippen LogP contribution in [0.15, 0.2) is 0 Å². The van der Waals surface area contributed by atoms with Gasteiger partial charge in [-0.3, -0.25) is 9.59 Å². The molecule has 0 aliphatic rings. The number of ketones is 1. The van der Waals surface area contributed by atoms with Gasteiger partial charge in [0.15, 0.2) is 0 Å². The average molecular weight is 228 g/mol. The molecule has 0 aliphatic carbocycles. The van der Waals surface area contributed by atoms with Crippen molar-refractivity contribution in [2.45, 2.75) is 71.8 Å². The fraction of sp³-hybridized carbons (Fsp3) is 0.846. The van der Waals surface area contributed by atoms with Crippen molar-refractivity contribution in [1.82, 2.24) is 0 Å². The Kier molecular flexibility index (Phi) is 8.87. The van der Waals surface area contributed by atoms with Crippen molar-refractivity contribution < 1.29 is 14.3 Å². The number of hydrogen-bond donors (Lipinski definition) is 0. The first-order valence-electron chi connectivity index (χ1n) is 6.25. The maximum Gasteiger partial charge on any atom is 0.302 e. The Hall–Kier alpha value is -0.860. The summed E-state index contributed by atoms with van der Waals surface area (Å²) >= 11 is 0. The molecule has 16 heavy (non-hydrogen) atoms. The van der Waals surface area contributed by atoms with E-state index in [9.17, 15) is 9.59 Å². The minimum absolute atomic E-state index is 0.0686. The molecule has 1 unspecified atom stereocenters. The van der Waals surface area contributed by atoms with Gasteiger partial charge >= 0.3 is 5.97 Å². The van der Waals surface area contributed by atoms with E-state index >= 15 is 0 Å². The van der Waals surface area contributed by atoms with Crippen LogP contribution in [0.4, 0.5) is 0 Å². The third-order valence-electron chi connectivity index (χ3n) is 2.49. The predicted molar refractivity (Wildman–Crippen MR) is 64.2 cm³/mol.